The van der Waals surface area contributed by atoms with Crippen LogP contribution >= 0.6 is 0 Å². The van der Waals surface area contributed by atoms with Gasteiger partial charge in [-0.05, 0) is 23.6 Å². The van der Waals surface area contributed by atoms with Gasteiger partial charge < -0.3 is 10.1 Å². The van der Waals surface area contributed by atoms with Crippen molar-refractivity contribution in [1.82, 2.24) is 5.43 Å². The fraction of sp³-hybridized carbons (Fsp3) is 0.100. The number of rotatable bonds is 7. The summed E-state index contributed by atoms with van der Waals surface area (Å²) in [5.74, 6) is -0.183. The van der Waals surface area contributed by atoms with Crippen molar-refractivity contribution >= 4 is 34.3 Å². The number of nitrogens with one attached hydrogen (secondary N) is 2. The van der Waals surface area contributed by atoms with Crippen molar-refractivity contribution in [1.29, 1.82) is 0 Å². The summed E-state index contributed by atoms with van der Waals surface area (Å²) in [7, 11) is 1.36. The summed E-state index contributed by atoms with van der Waals surface area (Å²) < 4.78 is 4.94. The maximum atomic E-state index is 12.0. The minimum absolute atomic E-state index is 0.0358. The lowest BCUT2D eigenvalue weighted by atomic mass is 10.1. The molecule has 142 valence electrons. The SMILES string of the molecule is COc1ccc(/C=N/NC(=O)CNc2cccc3ccccc23)cc1[N+](=O)[O-]. The Bertz CT molecular complexity index is 1040. The number of nitro groups is 1. The topological polar surface area (TPSA) is 106 Å². The second kappa shape index (κ2) is 8.63. The highest BCUT2D eigenvalue weighted by atomic mass is 16.6. The first kappa shape index (κ1) is 18.8. The summed E-state index contributed by atoms with van der Waals surface area (Å²) in [6.07, 6.45) is 1.34. The Hall–Kier alpha value is -3.94. The Labute approximate surface area is 161 Å². The van der Waals surface area contributed by atoms with Gasteiger partial charge in [0, 0.05) is 22.7 Å². The van der Waals surface area contributed by atoms with Crippen LogP contribution < -0.4 is 15.5 Å². The van der Waals surface area contributed by atoms with Crippen molar-refractivity contribution < 1.29 is 14.5 Å². The molecule has 2 N–H and O–H groups in total. The van der Waals surface area contributed by atoms with Crippen molar-refractivity contribution in [3.63, 3.8) is 0 Å². The number of carbonyl (C=O) groups excluding carboxylic acids is 1. The Morgan fingerprint density at radius 3 is 2.75 bits per heavy atom. The highest BCUT2D eigenvalue weighted by Crippen LogP contribution is 2.26. The van der Waals surface area contributed by atoms with E-state index in [9.17, 15) is 14.9 Å². The van der Waals surface area contributed by atoms with Crippen LogP contribution in [0.15, 0.2) is 65.8 Å². The van der Waals surface area contributed by atoms with Crippen LogP contribution in [-0.4, -0.2) is 30.7 Å². The molecule has 0 saturated carbocycles. The minimum atomic E-state index is -0.539. The second-order valence-electron chi connectivity index (χ2n) is 5.86. The first-order chi connectivity index (χ1) is 13.6. The van der Waals surface area contributed by atoms with E-state index in [2.05, 4.69) is 15.8 Å². The Morgan fingerprint density at radius 1 is 1.18 bits per heavy atom. The van der Waals surface area contributed by atoms with E-state index in [1.54, 1.807) is 6.07 Å². The number of anilines is 1. The van der Waals surface area contributed by atoms with Gasteiger partial charge in [0.15, 0.2) is 5.75 Å². The number of amides is 1. The van der Waals surface area contributed by atoms with Crippen molar-refractivity contribution in [2.45, 2.75) is 0 Å². The van der Waals surface area contributed by atoms with Gasteiger partial charge in [-0.1, -0.05) is 36.4 Å². The van der Waals surface area contributed by atoms with Gasteiger partial charge in [0.05, 0.1) is 24.8 Å². The van der Waals surface area contributed by atoms with E-state index in [0.717, 1.165) is 16.5 Å². The number of ether oxygens (including phenoxy) is 1. The van der Waals surface area contributed by atoms with Crippen LogP contribution in [0.25, 0.3) is 10.8 Å². The van der Waals surface area contributed by atoms with Crippen LogP contribution in [0.5, 0.6) is 5.75 Å². The molecule has 0 fully saturated rings. The van der Waals surface area contributed by atoms with Gasteiger partial charge in [-0.25, -0.2) is 5.43 Å². The molecule has 0 spiro atoms. The van der Waals surface area contributed by atoms with Gasteiger partial charge >= 0.3 is 5.69 Å². The van der Waals surface area contributed by atoms with Crippen LogP contribution in [0.4, 0.5) is 11.4 Å². The zero-order valence-electron chi connectivity index (χ0n) is 15.1. The molecule has 3 aromatic carbocycles. The summed E-state index contributed by atoms with van der Waals surface area (Å²) in [4.78, 5) is 22.5. The molecule has 8 nitrogen and oxygen atoms in total. The van der Waals surface area contributed by atoms with Crippen molar-refractivity contribution in [2.75, 3.05) is 19.0 Å². The van der Waals surface area contributed by atoms with Gasteiger partial charge in [-0.2, -0.15) is 5.10 Å². The molecule has 0 heterocycles. The first-order valence-electron chi connectivity index (χ1n) is 8.44. The third-order valence-electron chi connectivity index (χ3n) is 4.03. The number of carbonyl (C=O) groups is 1. The number of hydrogen-bond acceptors (Lipinski definition) is 6. The lowest BCUT2D eigenvalue weighted by Crippen LogP contribution is -2.25. The smallest absolute Gasteiger partial charge is 0.311 e. The van der Waals surface area contributed by atoms with Gasteiger partial charge in [-0.3, -0.25) is 14.9 Å². The van der Waals surface area contributed by atoms with Crippen LogP contribution in [0.1, 0.15) is 5.56 Å². The zero-order valence-corrected chi connectivity index (χ0v) is 15.1. The number of nitrogens with zero attached hydrogens (tertiary/aromatic N) is 2. The molecule has 0 aromatic heterocycles. The first-order valence-corrected chi connectivity index (χ1v) is 8.44. The molecule has 0 bridgehead atoms. The van der Waals surface area contributed by atoms with Crippen molar-refractivity contribution in [3.8, 4) is 5.75 Å². The Balaban J connectivity index is 1.60. The molecule has 8 heteroatoms. The summed E-state index contributed by atoms with van der Waals surface area (Å²) >= 11 is 0. The molecule has 28 heavy (non-hydrogen) atoms. The van der Waals surface area contributed by atoms with E-state index < -0.39 is 4.92 Å². The average Bonchev–Trinajstić information content (AvgIpc) is 2.72. The number of nitro benzene ring substituents is 1. The zero-order chi connectivity index (χ0) is 19.9. The highest BCUT2D eigenvalue weighted by molar-refractivity contribution is 5.95. The Morgan fingerprint density at radius 2 is 1.96 bits per heavy atom. The van der Waals surface area contributed by atoms with Crippen LogP contribution in [-0.2, 0) is 4.79 Å². The predicted molar refractivity (Wildman–Crippen MR) is 108 cm³/mol. The monoisotopic (exact) mass is 378 g/mol. The van der Waals surface area contributed by atoms with E-state index in [0.29, 0.717) is 5.56 Å². The standard InChI is InChI=1S/C20H18N4O4/c1-28-19-10-9-14(11-18(19)24(26)27)12-22-23-20(25)13-21-17-8-4-6-15-5-2-3-7-16(15)17/h2-12,21H,13H2,1H3,(H,23,25)/b22-12+. The normalized spacial score (nSPS) is 10.8. The third kappa shape index (κ3) is 4.42. The minimum Gasteiger partial charge on any atom is -0.490 e. The quantitative estimate of drug-likeness (QED) is 0.373. The maximum Gasteiger partial charge on any atom is 0.311 e. The summed E-state index contributed by atoms with van der Waals surface area (Å²) in [5.41, 5.74) is 3.54. The molecule has 0 aliphatic heterocycles. The average molecular weight is 378 g/mol. The molecule has 0 saturated heterocycles. The molecular weight excluding hydrogens is 360 g/mol. The molecule has 1 amide bonds. The van der Waals surface area contributed by atoms with E-state index >= 15 is 0 Å². The van der Waals surface area contributed by atoms with Crippen LogP contribution in [0.2, 0.25) is 0 Å². The van der Waals surface area contributed by atoms with E-state index in [1.165, 1.54) is 25.5 Å². The van der Waals surface area contributed by atoms with Gasteiger partial charge in [-0.15, -0.1) is 0 Å². The lowest BCUT2D eigenvalue weighted by Gasteiger charge is -2.08. The van der Waals surface area contributed by atoms with Gasteiger partial charge in [0.25, 0.3) is 5.91 Å². The predicted octanol–water partition coefficient (Wildman–Crippen LogP) is 3.32. The number of hydrazone groups is 1. The molecular formula is C20H18N4O4. The third-order valence-corrected chi connectivity index (χ3v) is 4.03. The highest BCUT2D eigenvalue weighted by Gasteiger charge is 2.14. The van der Waals surface area contributed by atoms with Crippen LogP contribution in [0.3, 0.4) is 0 Å². The van der Waals surface area contributed by atoms with Crippen molar-refractivity contribution in [3.05, 3.63) is 76.3 Å². The summed E-state index contributed by atoms with van der Waals surface area (Å²) in [6, 6.07) is 18.1. The van der Waals surface area contributed by atoms with Gasteiger partial charge in [0.2, 0.25) is 0 Å². The molecule has 3 aromatic rings. The lowest BCUT2D eigenvalue weighted by molar-refractivity contribution is -0.385. The largest absolute Gasteiger partial charge is 0.490 e. The van der Waals surface area contributed by atoms with E-state index in [-0.39, 0.29) is 23.9 Å². The molecule has 0 atom stereocenters. The number of fused-ring (bicyclic) bond motifs is 1. The number of hydrogen-bond donors (Lipinski definition) is 2. The molecule has 3 rings (SSSR count). The Kier molecular flexibility index (Phi) is 5.81. The van der Waals surface area contributed by atoms with Crippen LogP contribution in [0, 0.1) is 10.1 Å². The summed E-state index contributed by atoms with van der Waals surface area (Å²) in [6.45, 7) is 0.0358. The fourth-order valence-corrected chi connectivity index (χ4v) is 2.70. The van der Waals surface area contributed by atoms with E-state index in [1.807, 2.05) is 42.5 Å². The second-order valence-corrected chi connectivity index (χ2v) is 5.86. The van der Waals surface area contributed by atoms with E-state index in [4.69, 9.17) is 4.74 Å². The number of benzene rings is 3. The van der Waals surface area contributed by atoms with Gasteiger partial charge in [0.1, 0.15) is 0 Å². The molecule has 0 aliphatic rings. The molecule has 0 aliphatic carbocycles. The molecule has 0 radical (unpaired) electrons. The maximum absolute atomic E-state index is 12.0. The van der Waals surface area contributed by atoms with Crippen molar-refractivity contribution in [2.24, 2.45) is 5.10 Å². The number of methoxy groups -OCH3 is 1. The fourth-order valence-electron chi connectivity index (χ4n) is 2.70. The molecule has 0 unspecified atom stereocenters. The summed E-state index contributed by atoms with van der Waals surface area (Å²) in [5, 5.41) is 20.1.